The number of benzene rings is 1. The van der Waals surface area contributed by atoms with E-state index < -0.39 is 0 Å². The van der Waals surface area contributed by atoms with Crippen molar-refractivity contribution in [2.75, 3.05) is 13.2 Å². The van der Waals surface area contributed by atoms with E-state index in [2.05, 4.69) is 19.2 Å². The Labute approximate surface area is 110 Å². The van der Waals surface area contributed by atoms with E-state index in [1.165, 1.54) is 0 Å². The van der Waals surface area contributed by atoms with Crippen molar-refractivity contribution in [3.63, 3.8) is 0 Å². The summed E-state index contributed by atoms with van der Waals surface area (Å²) in [5.41, 5.74) is 1.13. The molecule has 2 N–H and O–H groups in total. The molecule has 0 saturated carbocycles. The highest BCUT2D eigenvalue weighted by molar-refractivity contribution is 5.85. The summed E-state index contributed by atoms with van der Waals surface area (Å²) in [5.74, 6) is 1.41. The van der Waals surface area contributed by atoms with Crippen LogP contribution in [-0.4, -0.2) is 18.3 Å². The van der Waals surface area contributed by atoms with Crippen LogP contribution >= 0.6 is 12.4 Å². The van der Waals surface area contributed by atoms with Crippen LogP contribution in [0.4, 0.5) is 0 Å². The number of hydrogen-bond acceptors (Lipinski definition) is 3. The Morgan fingerprint density at radius 1 is 1.35 bits per heavy atom. The Morgan fingerprint density at radius 2 is 2.06 bits per heavy atom. The molecule has 4 heteroatoms. The van der Waals surface area contributed by atoms with E-state index in [9.17, 15) is 5.11 Å². The maximum atomic E-state index is 9.53. The van der Waals surface area contributed by atoms with E-state index in [4.69, 9.17) is 4.74 Å². The number of phenolic OH excluding ortho intramolecular Hbond substituents is 1. The summed E-state index contributed by atoms with van der Waals surface area (Å²) in [6, 6.07) is 5.47. The predicted molar refractivity (Wildman–Crippen MR) is 73.1 cm³/mol. The molecule has 0 heterocycles. The molecule has 1 aromatic carbocycles. The van der Waals surface area contributed by atoms with Crippen molar-refractivity contribution < 1.29 is 9.84 Å². The summed E-state index contributed by atoms with van der Waals surface area (Å²) < 4.78 is 5.33. The molecule has 1 rings (SSSR count). The van der Waals surface area contributed by atoms with Gasteiger partial charge < -0.3 is 15.2 Å². The summed E-state index contributed by atoms with van der Waals surface area (Å²) in [5, 5.41) is 12.9. The third-order valence-electron chi connectivity index (χ3n) is 2.21. The van der Waals surface area contributed by atoms with Crippen molar-refractivity contribution >= 4 is 12.4 Å². The van der Waals surface area contributed by atoms with Crippen molar-refractivity contribution in [2.24, 2.45) is 5.92 Å². The highest BCUT2D eigenvalue weighted by atomic mass is 35.5. The molecule has 0 aliphatic carbocycles. The Hall–Kier alpha value is -0.930. The average Bonchev–Trinajstić information content (AvgIpc) is 2.22. The minimum atomic E-state index is 0. The Bertz CT molecular complexity index is 329. The lowest BCUT2D eigenvalue weighted by Gasteiger charge is -2.10. The van der Waals surface area contributed by atoms with Crippen LogP contribution in [0.2, 0.25) is 0 Å². The van der Waals surface area contributed by atoms with Crippen molar-refractivity contribution in [2.45, 2.75) is 27.3 Å². The molecule has 1 aromatic rings. The van der Waals surface area contributed by atoms with Gasteiger partial charge in [-0.05, 0) is 37.1 Å². The summed E-state index contributed by atoms with van der Waals surface area (Å²) in [7, 11) is 0. The summed E-state index contributed by atoms with van der Waals surface area (Å²) in [4.78, 5) is 0. The largest absolute Gasteiger partial charge is 0.504 e. The van der Waals surface area contributed by atoms with E-state index >= 15 is 0 Å². The molecule has 0 aliphatic rings. The van der Waals surface area contributed by atoms with Gasteiger partial charge in [-0.15, -0.1) is 12.4 Å². The Balaban J connectivity index is 0.00000256. The van der Waals surface area contributed by atoms with Crippen LogP contribution in [0.25, 0.3) is 0 Å². The van der Waals surface area contributed by atoms with Gasteiger partial charge in [0.15, 0.2) is 11.5 Å². The summed E-state index contributed by atoms with van der Waals surface area (Å²) >= 11 is 0. The molecule has 0 radical (unpaired) electrons. The number of rotatable bonds is 6. The minimum absolute atomic E-state index is 0. The van der Waals surface area contributed by atoms with E-state index in [1.54, 1.807) is 6.07 Å². The number of nitrogens with one attached hydrogen (secondary N) is 1. The first-order valence-electron chi connectivity index (χ1n) is 5.79. The quantitative estimate of drug-likeness (QED) is 0.825. The monoisotopic (exact) mass is 259 g/mol. The van der Waals surface area contributed by atoms with Crippen LogP contribution in [0.5, 0.6) is 11.5 Å². The van der Waals surface area contributed by atoms with Crippen LogP contribution in [-0.2, 0) is 6.54 Å². The third-order valence-corrected chi connectivity index (χ3v) is 2.21. The molecule has 0 bridgehead atoms. The molecular formula is C13H22ClNO2. The summed E-state index contributed by atoms with van der Waals surface area (Å²) in [6.07, 6.45) is 0. The van der Waals surface area contributed by atoms with E-state index in [1.807, 2.05) is 19.1 Å². The molecule has 0 unspecified atom stereocenters. The van der Waals surface area contributed by atoms with Crippen LogP contribution in [0, 0.1) is 5.92 Å². The standard InChI is InChI=1S/C13H21NO2.ClH/c1-4-16-13-7-11(5-6-12(13)15)9-14-8-10(2)3;/h5-7,10,14-15H,4,8-9H2,1-3H3;1H. The molecular weight excluding hydrogens is 238 g/mol. The molecule has 0 saturated heterocycles. The number of phenols is 1. The van der Waals surface area contributed by atoms with Crippen molar-refractivity contribution in [3.8, 4) is 11.5 Å². The van der Waals surface area contributed by atoms with Gasteiger partial charge in [0.1, 0.15) is 0 Å². The number of ether oxygens (including phenoxy) is 1. The second kappa shape index (κ2) is 8.20. The topological polar surface area (TPSA) is 41.5 Å². The predicted octanol–water partition coefficient (Wildman–Crippen LogP) is 2.96. The highest BCUT2D eigenvalue weighted by Gasteiger charge is 2.03. The smallest absolute Gasteiger partial charge is 0.161 e. The van der Waals surface area contributed by atoms with Gasteiger partial charge in [0.25, 0.3) is 0 Å². The van der Waals surface area contributed by atoms with Gasteiger partial charge in [0.2, 0.25) is 0 Å². The van der Waals surface area contributed by atoms with Gasteiger partial charge >= 0.3 is 0 Å². The number of halogens is 1. The van der Waals surface area contributed by atoms with Gasteiger partial charge in [-0.2, -0.15) is 0 Å². The van der Waals surface area contributed by atoms with Gasteiger partial charge in [0, 0.05) is 6.54 Å². The second-order valence-corrected chi connectivity index (χ2v) is 4.26. The fourth-order valence-corrected chi connectivity index (χ4v) is 1.44. The summed E-state index contributed by atoms with van der Waals surface area (Å²) in [6.45, 7) is 8.62. The number of aromatic hydroxyl groups is 1. The van der Waals surface area contributed by atoms with Gasteiger partial charge in [-0.1, -0.05) is 19.9 Å². The maximum absolute atomic E-state index is 9.53. The molecule has 0 aliphatic heterocycles. The fourth-order valence-electron chi connectivity index (χ4n) is 1.44. The molecule has 98 valence electrons. The molecule has 0 spiro atoms. The molecule has 0 atom stereocenters. The zero-order valence-corrected chi connectivity index (χ0v) is 11.5. The Kier molecular flexibility index (Phi) is 7.75. The van der Waals surface area contributed by atoms with Crippen molar-refractivity contribution in [1.29, 1.82) is 0 Å². The third kappa shape index (κ3) is 5.80. The lowest BCUT2D eigenvalue weighted by molar-refractivity contribution is 0.317. The van der Waals surface area contributed by atoms with Crippen molar-refractivity contribution in [1.82, 2.24) is 5.32 Å². The molecule has 0 aromatic heterocycles. The zero-order valence-electron chi connectivity index (χ0n) is 10.7. The number of hydrogen-bond donors (Lipinski definition) is 2. The molecule has 0 fully saturated rings. The SMILES string of the molecule is CCOc1cc(CNCC(C)C)ccc1O.Cl. The van der Waals surface area contributed by atoms with Gasteiger partial charge in [-0.25, -0.2) is 0 Å². The Morgan fingerprint density at radius 3 is 2.65 bits per heavy atom. The molecule has 3 nitrogen and oxygen atoms in total. The van der Waals surface area contributed by atoms with Gasteiger partial charge in [-0.3, -0.25) is 0 Å². The van der Waals surface area contributed by atoms with E-state index in [0.29, 0.717) is 18.3 Å². The zero-order chi connectivity index (χ0) is 12.0. The van der Waals surface area contributed by atoms with Crippen LogP contribution in [0.1, 0.15) is 26.3 Å². The lowest BCUT2D eigenvalue weighted by Crippen LogP contribution is -2.18. The molecule has 0 amide bonds. The van der Waals surface area contributed by atoms with Crippen LogP contribution in [0.15, 0.2) is 18.2 Å². The van der Waals surface area contributed by atoms with E-state index in [0.717, 1.165) is 18.7 Å². The normalized spacial score (nSPS) is 10.1. The van der Waals surface area contributed by atoms with Crippen LogP contribution < -0.4 is 10.1 Å². The molecule has 17 heavy (non-hydrogen) atoms. The van der Waals surface area contributed by atoms with E-state index in [-0.39, 0.29) is 18.2 Å². The first-order chi connectivity index (χ1) is 7.63. The first kappa shape index (κ1) is 16.1. The van der Waals surface area contributed by atoms with Crippen LogP contribution in [0.3, 0.4) is 0 Å². The first-order valence-corrected chi connectivity index (χ1v) is 5.79. The highest BCUT2D eigenvalue weighted by Crippen LogP contribution is 2.26. The second-order valence-electron chi connectivity index (χ2n) is 4.26. The average molecular weight is 260 g/mol. The lowest BCUT2D eigenvalue weighted by atomic mass is 10.2. The van der Waals surface area contributed by atoms with Crippen molar-refractivity contribution in [3.05, 3.63) is 23.8 Å². The minimum Gasteiger partial charge on any atom is -0.504 e. The van der Waals surface area contributed by atoms with Gasteiger partial charge in [0.05, 0.1) is 6.61 Å². The fraction of sp³-hybridized carbons (Fsp3) is 0.538. The maximum Gasteiger partial charge on any atom is 0.161 e.